The summed E-state index contributed by atoms with van der Waals surface area (Å²) in [6, 6.07) is 55.4. The minimum Gasteiger partial charge on any atom is -0.489 e. The lowest BCUT2D eigenvalue weighted by molar-refractivity contribution is -0.121. The fourth-order valence-corrected chi connectivity index (χ4v) is 11.2. The second-order valence-corrected chi connectivity index (χ2v) is 24.5. The fourth-order valence-electron chi connectivity index (χ4n) is 11.2. The van der Waals surface area contributed by atoms with Crippen LogP contribution in [0.15, 0.2) is 219 Å². The van der Waals surface area contributed by atoms with Gasteiger partial charge in [-0.15, -0.1) is 15.3 Å². The molecule has 0 spiro atoms. The molecule has 12 aromatic rings. The first-order valence-corrected chi connectivity index (χ1v) is 33.9. The first-order chi connectivity index (χ1) is 52.7. The van der Waals surface area contributed by atoms with Gasteiger partial charge in [-0.05, 0) is 114 Å². The maximum absolute atomic E-state index is 13.2. The average molecular weight is 1440 g/mol. The smallest absolute Gasteiger partial charge is 0.291 e. The van der Waals surface area contributed by atoms with Gasteiger partial charge < -0.3 is 44.9 Å². The third kappa shape index (κ3) is 18.3. The van der Waals surface area contributed by atoms with Gasteiger partial charge in [0.15, 0.2) is 0 Å². The van der Waals surface area contributed by atoms with E-state index in [1.807, 2.05) is 152 Å². The lowest BCUT2D eigenvalue weighted by atomic mass is 10.1. The summed E-state index contributed by atoms with van der Waals surface area (Å²) in [6.07, 6.45) is 9.94. The van der Waals surface area contributed by atoms with Gasteiger partial charge in [0.25, 0.3) is 35.4 Å². The van der Waals surface area contributed by atoms with Crippen LogP contribution in [-0.4, -0.2) is 155 Å². The quantitative estimate of drug-likeness (QED) is 0.0668. The zero-order valence-electron chi connectivity index (χ0n) is 58.3. The van der Waals surface area contributed by atoms with Gasteiger partial charge in [-0.1, -0.05) is 127 Å². The van der Waals surface area contributed by atoms with Crippen molar-refractivity contribution in [2.24, 2.45) is 0 Å². The van der Waals surface area contributed by atoms with Crippen LogP contribution in [0.2, 0.25) is 0 Å². The van der Waals surface area contributed by atoms with Crippen LogP contribution in [0, 0.1) is 35.5 Å². The van der Waals surface area contributed by atoms with Crippen LogP contribution in [0.5, 0.6) is 17.2 Å². The topological polar surface area (TPSA) is 339 Å². The number of hydrogen-bond acceptors (Lipinski definition) is 18. The number of carbonyl (C=O) groups is 6. The third-order valence-electron chi connectivity index (χ3n) is 16.9. The van der Waals surface area contributed by atoms with Crippen molar-refractivity contribution in [2.75, 3.05) is 55.7 Å². The number of likely N-dealkylation sites (N-methyl/N-ethyl adjacent to an activating group) is 3. The Labute approximate surface area is 619 Å². The van der Waals surface area contributed by atoms with E-state index in [0.29, 0.717) is 82.3 Å². The molecule has 15 rings (SSSR count). The minimum absolute atomic E-state index is 0.0226. The summed E-state index contributed by atoms with van der Waals surface area (Å²) < 4.78 is 17.6. The second-order valence-electron chi connectivity index (χ2n) is 24.5. The predicted octanol–water partition coefficient (Wildman–Crippen LogP) is 7.03. The van der Waals surface area contributed by atoms with Crippen molar-refractivity contribution in [3.8, 4) is 52.8 Å². The summed E-state index contributed by atoms with van der Waals surface area (Å²) in [5.41, 5.74) is 9.24. The van der Waals surface area contributed by atoms with E-state index >= 15 is 0 Å². The van der Waals surface area contributed by atoms with Crippen molar-refractivity contribution in [3.05, 3.63) is 304 Å². The highest BCUT2D eigenvalue weighted by atomic mass is 16.5. The molecule has 0 aliphatic carbocycles. The summed E-state index contributed by atoms with van der Waals surface area (Å²) in [6.45, 7) is -0.0721. The lowest BCUT2D eigenvalue weighted by Crippen LogP contribution is -2.49. The van der Waals surface area contributed by atoms with Crippen molar-refractivity contribution in [2.45, 2.75) is 37.4 Å². The average Bonchev–Trinajstić information content (AvgIpc) is 1.70. The van der Waals surface area contributed by atoms with Gasteiger partial charge in [0, 0.05) is 99.2 Å². The number of aromatic nitrogens is 12. The number of H-pyrrole nitrogens is 3. The molecule has 3 aliphatic heterocycles. The van der Waals surface area contributed by atoms with Crippen molar-refractivity contribution in [1.29, 1.82) is 0 Å². The van der Waals surface area contributed by atoms with Crippen LogP contribution < -0.4 is 44.9 Å². The number of hydrogen-bond donors (Lipinski definition) is 6. The molecule has 108 heavy (non-hydrogen) atoms. The number of ether oxygens (including phenoxy) is 3. The zero-order chi connectivity index (χ0) is 74.7. The molecule has 0 saturated carbocycles. The van der Waals surface area contributed by atoms with E-state index in [1.165, 1.54) is 14.7 Å². The van der Waals surface area contributed by atoms with Crippen molar-refractivity contribution in [1.82, 2.24) is 76.4 Å². The van der Waals surface area contributed by atoms with Crippen LogP contribution in [0.25, 0.3) is 0 Å². The van der Waals surface area contributed by atoms with E-state index in [2.05, 4.69) is 112 Å². The van der Waals surface area contributed by atoms with Crippen molar-refractivity contribution < 1.29 is 43.0 Å². The van der Waals surface area contributed by atoms with Gasteiger partial charge in [-0.25, -0.2) is 19.9 Å². The molecule has 9 heterocycles. The Morgan fingerprint density at radius 3 is 1.14 bits per heavy atom. The highest BCUT2D eigenvalue weighted by Gasteiger charge is 2.35. The minimum atomic E-state index is -0.908. The van der Waals surface area contributed by atoms with Crippen LogP contribution in [0.3, 0.4) is 0 Å². The molecule has 0 unspecified atom stereocenters. The van der Waals surface area contributed by atoms with Gasteiger partial charge >= 0.3 is 0 Å². The summed E-state index contributed by atoms with van der Waals surface area (Å²) >= 11 is 0. The molecule has 3 aliphatic rings. The number of nitrogens with zero attached hydrogens (tertiary/aromatic N) is 12. The van der Waals surface area contributed by atoms with E-state index in [4.69, 9.17) is 14.2 Å². The highest BCUT2D eigenvalue weighted by molar-refractivity contribution is 6.04. The summed E-state index contributed by atoms with van der Waals surface area (Å²) in [5, 5.41) is 28.5. The number of fused-ring (bicyclic) bond motifs is 3. The third-order valence-corrected chi connectivity index (χ3v) is 16.9. The molecule has 27 heteroatoms. The zero-order valence-corrected chi connectivity index (χ0v) is 58.3. The van der Waals surface area contributed by atoms with Gasteiger partial charge in [0.05, 0.1) is 17.1 Å². The van der Waals surface area contributed by atoms with E-state index in [-0.39, 0.29) is 55.0 Å². The second kappa shape index (κ2) is 33.9. The lowest BCUT2D eigenvalue weighted by Gasteiger charge is -2.20. The predicted molar refractivity (Wildman–Crippen MR) is 397 cm³/mol. The molecule has 6 aromatic carbocycles. The van der Waals surface area contributed by atoms with Gasteiger partial charge in [-0.3, -0.25) is 54.0 Å². The number of benzene rings is 6. The van der Waals surface area contributed by atoms with Crippen LogP contribution in [-0.2, 0) is 33.6 Å². The number of amides is 6. The van der Waals surface area contributed by atoms with Gasteiger partial charge in [0.2, 0.25) is 17.5 Å². The first kappa shape index (κ1) is 71.5. The Bertz CT molecular complexity index is 4910. The van der Waals surface area contributed by atoms with Crippen LogP contribution in [0.4, 0.5) is 17.1 Å². The number of pyridine rings is 3. The van der Waals surface area contributed by atoms with Crippen molar-refractivity contribution >= 4 is 52.5 Å². The van der Waals surface area contributed by atoms with E-state index < -0.39 is 35.8 Å². The maximum Gasteiger partial charge on any atom is 0.291 e. The number of anilines is 3. The molecule has 0 saturated heterocycles. The van der Waals surface area contributed by atoms with Crippen molar-refractivity contribution in [3.63, 3.8) is 0 Å². The Hall–Kier alpha value is -14.9. The number of aromatic amines is 3. The monoisotopic (exact) mass is 1430 g/mol. The molecular weight excluding hydrogens is 1370 g/mol. The summed E-state index contributed by atoms with van der Waals surface area (Å²) in [5.74, 6) is 18.8. The van der Waals surface area contributed by atoms with Crippen LogP contribution >= 0.6 is 0 Å². The molecule has 6 amide bonds. The van der Waals surface area contributed by atoms with E-state index in [9.17, 15) is 28.8 Å². The molecule has 27 nitrogen and oxygen atoms in total. The van der Waals surface area contributed by atoms with Gasteiger partial charge in [-0.2, -0.15) is 0 Å². The fraction of sp³-hybridized carbons (Fsp3) is 0.148. The Morgan fingerprint density at radius 2 is 0.769 bits per heavy atom. The molecular formula is C81H66N18O9. The molecule has 0 fully saturated rings. The number of rotatable bonds is 12. The normalized spacial score (nSPS) is 14.6. The standard InChI is InChI=1S/3C27H22N6O3/c1-33-22-15-19(10-12-20-9-5-6-14-28-20)11-13-23(22)36-17-21(27(33)35)29-26(34)25-30-24(31-32-25)16-18-7-3-2-4-8-18;1-33-22-14-19(9-10-20-8-5-13-28-16-20)11-12-23(22)36-17-21(27(33)35)29-26(34)25-30-24(31-32-25)15-18-6-3-2-4-7-18;1-33-22-15-20(8-7-18-11-13-28-14-12-18)9-10-23(22)36-17-21(27(33)35)29-26(34)25-30-24(31-32-25)16-19-5-3-2-4-6-19/h2-9,11,13-15,21H,16-17H2,1H3,(H,29,34)(H,30,31,32);2-8,11-14,16,21H,15,17H2,1H3,(H,29,34)(H,30,31,32);2-6,9-15,21H,16-17H2,1H3,(H,29,34)(H,30,31,32)/t3*21-/m000/s1. The summed E-state index contributed by atoms with van der Waals surface area (Å²) in [7, 11) is 4.91. The Balaban J connectivity index is 0.000000143. The van der Waals surface area contributed by atoms with E-state index in [0.717, 1.165) is 38.9 Å². The SMILES string of the molecule is CN1C(=O)[C@@H](NC(=O)c2n[nH]c(Cc3ccccc3)n2)COc2ccc(C#Cc3ccccn3)cc21.CN1C(=O)[C@@H](NC(=O)c2n[nH]c(Cc3ccccc3)n2)COc2ccc(C#Cc3cccnc3)cc21.CN1C(=O)[C@@H](NC(=O)c2n[nH]c(Cc3ccccc3)n2)COc2ccc(C#Cc3ccncc3)cc21. The Kier molecular flexibility index (Phi) is 22.5. The molecule has 3 atom stereocenters. The van der Waals surface area contributed by atoms with Gasteiger partial charge in [0.1, 0.15) is 78.4 Å². The van der Waals surface area contributed by atoms with Crippen LogP contribution in [0.1, 0.15) is 99.5 Å². The highest BCUT2D eigenvalue weighted by Crippen LogP contribution is 2.34. The first-order valence-electron chi connectivity index (χ1n) is 33.9. The van der Waals surface area contributed by atoms with E-state index in [1.54, 1.807) is 88.5 Å². The molecule has 0 bridgehead atoms. The maximum atomic E-state index is 13.2. The number of nitrogens with one attached hydrogen (secondary N) is 6. The largest absolute Gasteiger partial charge is 0.489 e. The number of carbonyl (C=O) groups excluding carboxylic acids is 6. The summed E-state index contributed by atoms with van der Waals surface area (Å²) in [4.78, 5) is 107. The molecule has 534 valence electrons. The molecule has 6 aromatic heterocycles. The Morgan fingerprint density at radius 1 is 0.398 bits per heavy atom. The molecule has 6 N–H and O–H groups in total. The molecule has 0 radical (unpaired) electrons.